The number of rotatable bonds is 10. The molecule has 0 aliphatic rings. The maximum absolute atomic E-state index is 4.27. The fourth-order valence-corrected chi connectivity index (χ4v) is 8.73. The monoisotopic (exact) mass is 284 g/mol. The minimum atomic E-state index is -1.74. The summed E-state index contributed by atoms with van der Waals surface area (Å²) in [5, 5.41) is 0. The summed E-state index contributed by atoms with van der Waals surface area (Å²) in [5.74, 6) is 0. The highest BCUT2D eigenvalue weighted by Gasteiger charge is 2.43. The van der Waals surface area contributed by atoms with Crippen LogP contribution in [0.5, 0.6) is 0 Å². The first-order valence-corrected chi connectivity index (χ1v) is 10.3. The van der Waals surface area contributed by atoms with Crippen molar-refractivity contribution in [2.24, 2.45) is 0 Å². The summed E-state index contributed by atoms with van der Waals surface area (Å²) in [6.07, 6.45) is 2.58. The topological polar surface area (TPSA) is 6.48 Å². The van der Waals surface area contributed by atoms with Crippen molar-refractivity contribution in [2.75, 3.05) is 13.1 Å². The molecular formula is C16H36N2Si. The normalized spacial score (nSPS) is 13.0. The average Bonchev–Trinajstić information content (AvgIpc) is 2.35. The highest BCUT2D eigenvalue weighted by molar-refractivity contribution is 6.79. The van der Waals surface area contributed by atoms with E-state index in [9.17, 15) is 0 Å². The summed E-state index contributed by atoms with van der Waals surface area (Å²) in [6.45, 7) is 22.7. The van der Waals surface area contributed by atoms with Gasteiger partial charge in [0.2, 0.25) is 8.40 Å². The van der Waals surface area contributed by atoms with E-state index in [1.54, 1.807) is 0 Å². The van der Waals surface area contributed by atoms with Crippen LogP contribution in [0.1, 0.15) is 61.3 Å². The number of hydrogen-bond donors (Lipinski definition) is 0. The molecular weight excluding hydrogens is 248 g/mol. The lowest BCUT2D eigenvalue weighted by atomic mass is 10.4. The van der Waals surface area contributed by atoms with Gasteiger partial charge >= 0.3 is 0 Å². The van der Waals surface area contributed by atoms with E-state index in [2.05, 4.69) is 69.9 Å². The highest BCUT2D eigenvalue weighted by Crippen LogP contribution is 2.28. The molecule has 2 nitrogen and oxygen atoms in total. The van der Waals surface area contributed by atoms with E-state index in [4.69, 9.17) is 0 Å². The maximum Gasteiger partial charge on any atom is 0.232 e. The van der Waals surface area contributed by atoms with Crippen molar-refractivity contribution < 1.29 is 0 Å². The Bertz CT molecular complexity index is 235. The molecule has 0 aromatic carbocycles. The third kappa shape index (κ3) is 4.43. The van der Waals surface area contributed by atoms with Gasteiger partial charge in [0.1, 0.15) is 0 Å². The Morgan fingerprint density at radius 1 is 0.947 bits per heavy atom. The maximum atomic E-state index is 4.27. The molecule has 0 unspecified atom stereocenters. The van der Waals surface area contributed by atoms with Crippen LogP contribution in [0.3, 0.4) is 0 Å². The first-order valence-electron chi connectivity index (χ1n) is 8.08. The minimum absolute atomic E-state index is 0.597. The van der Waals surface area contributed by atoms with Gasteiger partial charge in [0.25, 0.3) is 0 Å². The smallest absolute Gasteiger partial charge is 0.232 e. The lowest BCUT2D eigenvalue weighted by Crippen LogP contribution is -2.68. The summed E-state index contributed by atoms with van der Waals surface area (Å²) in [4.78, 5) is 0. The zero-order valence-corrected chi connectivity index (χ0v) is 15.4. The molecule has 0 N–H and O–H groups in total. The first-order chi connectivity index (χ1) is 8.91. The lowest BCUT2D eigenvalue weighted by Gasteiger charge is -2.50. The Kier molecular flexibility index (Phi) is 8.87. The van der Waals surface area contributed by atoms with Crippen LogP contribution < -0.4 is 0 Å². The lowest BCUT2D eigenvalue weighted by molar-refractivity contribution is 0.274. The molecule has 0 saturated carbocycles. The van der Waals surface area contributed by atoms with Crippen LogP contribution in [-0.2, 0) is 0 Å². The van der Waals surface area contributed by atoms with E-state index in [1.807, 2.05) is 0 Å². The second kappa shape index (κ2) is 8.93. The van der Waals surface area contributed by atoms with E-state index in [-0.39, 0.29) is 0 Å². The van der Waals surface area contributed by atoms with Crippen molar-refractivity contribution in [3.05, 3.63) is 12.3 Å². The molecule has 19 heavy (non-hydrogen) atoms. The van der Waals surface area contributed by atoms with Gasteiger partial charge < -0.3 is 9.13 Å². The molecule has 0 aromatic heterocycles. The van der Waals surface area contributed by atoms with Gasteiger partial charge in [-0.25, -0.2) is 0 Å². The summed E-state index contributed by atoms with van der Waals surface area (Å²) in [7, 11) is -1.74. The van der Waals surface area contributed by atoms with Gasteiger partial charge in [-0.2, -0.15) is 0 Å². The third-order valence-electron chi connectivity index (χ3n) is 4.15. The number of hydrogen-bond acceptors (Lipinski definition) is 2. The van der Waals surface area contributed by atoms with E-state index in [0.717, 1.165) is 13.1 Å². The van der Waals surface area contributed by atoms with E-state index < -0.39 is 8.40 Å². The Hall–Kier alpha value is -0.123. The molecule has 0 aromatic rings. The minimum Gasteiger partial charge on any atom is -0.306 e. The molecule has 114 valence electrons. The molecule has 0 aliphatic heterocycles. The SMILES string of the molecule is C=C[Si](CCCC)(N(CC)C(C)C)N(CC)C(C)C. The Morgan fingerprint density at radius 3 is 1.58 bits per heavy atom. The van der Waals surface area contributed by atoms with E-state index >= 15 is 0 Å². The molecule has 0 rings (SSSR count). The molecule has 0 bridgehead atoms. The second-order valence-corrected chi connectivity index (χ2v) is 9.76. The highest BCUT2D eigenvalue weighted by atomic mass is 28.3. The second-order valence-electron chi connectivity index (χ2n) is 5.95. The van der Waals surface area contributed by atoms with Crippen LogP contribution in [0, 0.1) is 0 Å². The molecule has 0 atom stereocenters. The van der Waals surface area contributed by atoms with Crippen LogP contribution in [0.25, 0.3) is 0 Å². The van der Waals surface area contributed by atoms with Gasteiger partial charge in [0.05, 0.1) is 0 Å². The molecule has 0 saturated heterocycles. The van der Waals surface area contributed by atoms with Crippen molar-refractivity contribution in [1.29, 1.82) is 0 Å². The molecule has 0 radical (unpaired) electrons. The van der Waals surface area contributed by atoms with Crippen molar-refractivity contribution in [2.45, 2.75) is 79.4 Å². The molecule has 0 amide bonds. The van der Waals surface area contributed by atoms with Crippen LogP contribution in [0.15, 0.2) is 12.3 Å². The van der Waals surface area contributed by atoms with Gasteiger partial charge in [-0.3, -0.25) is 0 Å². The largest absolute Gasteiger partial charge is 0.306 e. The first kappa shape index (κ1) is 18.9. The fraction of sp³-hybridized carbons (Fsp3) is 0.875. The zero-order chi connectivity index (χ0) is 15.1. The predicted octanol–water partition coefficient (Wildman–Crippen LogP) is 4.41. The van der Waals surface area contributed by atoms with Crippen molar-refractivity contribution in [3.63, 3.8) is 0 Å². The fourth-order valence-electron chi connectivity index (χ4n) is 3.40. The summed E-state index contributed by atoms with van der Waals surface area (Å²) >= 11 is 0. The molecule has 0 heterocycles. The van der Waals surface area contributed by atoms with Crippen molar-refractivity contribution in [1.82, 2.24) is 9.13 Å². The quantitative estimate of drug-likeness (QED) is 0.548. The van der Waals surface area contributed by atoms with E-state index in [1.165, 1.54) is 18.9 Å². The van der Waals surface area contributed by atoms with Gasteiger partial charge in [-0.1, -0.05) is 67.0 Å². The number of nitrogens with zero attached hydrogens (tertiary/aromatic N) is 2. The van der Waals surface area contributed by atoms with Gasteiger partial charge in [-0.15, -0.1) is 6.58 Å². The molecule has 0 aliphatic carbocycles. The van der Waals surface area contributed by atoms with Crippen LogP contribution in [0.4, 0.5) is 0 Å². The Morgan fingerprint density at radius 2 is 1.37 bits per heavy atom. The zero-order valence-electron chi connectivity index (χ0n) is 14.4. The van der Waals surface area contributed by atoms with E-state index in [0.29, 0.717) is 12.1 Å². The summed E-state index contributed by atoms with van der Waals surface area (Å²) in [5.41, 5.74) is 2.33. The van der Waals surface area contributed by atoms with Crippen molar-refractivity contribution >= 4 is 8.40 Å². The third-order valence-corrected chi connectivity index (χ3v) is 9.55. The predicted molar refractivity (Wildman–Crippen MR) is 90.7 cm³/mol. The molecule has 3 heteroatoms. The van der Waals surface area contributed by atoms with Gasteiger partial charge in [0, 0.05) is 0 Å². The molecule has 0 spiro atoms. The Labute approximate surface area is 123 Å². The summed E-state index contributed by atoms with van der Waals surface area (Å²) < 4.78 is 5.47. The van der Waals surface area contributed by atoms with Crippen LogP contribution >= 0.6 is 0 Å². The standard InChI is InChI=1S/C16H36N2Si/c1-9-13-14-19(12-4,17(10-2)15(5)6)18(11-3)16(7)8/h12,15-16H,4,9-11,13-14H2,1-3,5-8H3. The van der Waals surface area contributed by atoms with Gasteiger partial charge in [0.15, 0.2) is 0 Å². The number of unbranched alkanes of at least 4 members (excludes halogenated alkanes) is 1. The molecule has 0 fully saturated rings. The van der Waals surface area contributed by atoms with Crippen LogP contribution in [0.2, 0.25) is 6.04 Å². The van der Waals surface area contributed by atoms with Crippen LogP contribution in [-0.4, -0.2) is 42.7 Å². The summed E-state index contributed by atoms with van der Waals surface area (Å²) in [6, 6.07) is 2.50. The average molecular weight is 285 g/mol. The van der Waals surface area contributed by atoms with Gasteiger partial charge in [-0.05, 0) is 31.2 Å². The Balaban J connectivity index is 5.56. The van der Waals surface area contributed by atoms with Crippen molar-refractivity contribution in [3.8, 4) is 0 Å².